The number of nitrogens with one attached hydrogen (secondary N) is 1. The van der Waals surface area contributed by atoms with Crippen LogP contribution in [0.25, 0.3) is 0 Å². The van der Waals surface area contributed by atoms with Crippen LogP contribution < -0.4 is 5.32 Å². The fourth-order valence-corrected chi connectivity index (χ4v) is 4.96. The molecular formula is C14H20N3O4S+. The molecule has 0 radical (unpaired) electrons. The fourth-order valence-electron chi connectivity index (χ4n) is 3.62. The number of likely N-dealkylation sites (N-methyl/N-ethyl adjacent to an activating group) is 1. The van der Waals surface area contributed by atoms with E-state index in [-0.39, 0.29) is 17.0 Å². The van der Waals surface area contributed by atoms with E-state index in [0.717, 1.165) is 36.0 Å². The first kappa shape index (κ1) is 15.4. The van der Waals surface area contributed by atoms with Gasteiger partial charge in [-0.1, -0.05) is 0 Å². The molecule has 7 nitrogen and oxygen atoms in total. The minimum absolute atomic E-state index is 0.129. The lowest BCUT2D eigenvalue weighted by molar-refractivity contribution is -0.893. The Morgan fingerprint density at radius 3 is 2.77 bits per heavy atom. The molecule has 0 saturated carbocycles. The van der Waals surface area contributed by atoms with Crippen molar-refractivity contribution in [2.75, 3.05) is 32.4 Å². The summed E-state index contributed by atoms with van der Waals surface area (Å²) in [5.41, 5.74) is 0.958. The Labute approximate surface area is 132 Å². The molecule has 2 amide bonds. The molecule has 0 aromatic carbocycles. The van der Waals surface area contributed by atoms with Crippen LogP contribution in [0.4, 0.5) is 0 Å². The lowest BCUT2D eigenvalue weighted by Gasteiger charge is -2.49. The summed E-state index contributed by atoms with van der Waals surface area (Å²) in [6.45, 7) is 2.78. The predicted octanol–water partition coefficient (Wildman–Crippen LogP) is -0.405. The Kier molecular flexibility index (Phi) is 3.90. The second-order valence-corrected chi connectivity index (χ2v) is 7.47. The van der Waals surface area contributed by atoms with E-state index in [2.05, 4.69) is 12.4 Å². The normalized spacial score (nSPS) is 29.9. The number of β-lactam (4-membered cyclic amide) rings is 1. The summed E-state index contributed by atoms with van der Waals surface area (Å²) in [6.07, 6.45) is 2.82. The van der Waals surface area contributed by atoms with Crippen LogP contribution in [0.3, 0.4) is 0 Å². The number of carbonyl (C=O) groups excluding carboxylic acids is 2. The zero-order valence-electron chi connectivity index (χ0n) is 12.4. The first-order valence-corrected chi connectivity index (χ1v) is 8.45. The number of quaternary nitrogens is 1. The van der Waals surface area contributed by atoms with E-state index in [1.165, 1.54) is 16.7 Å². The Morgan fingerprint density at radius 2 is 2.18 bits per heavy atom. The van der Waals surface area contributed by atoms with Gasteiger partial charge in [0.05, 0.1) is 20.1 Å². The van der Waals surface area contributed by atoms with Gasteiger partial charge >= 0.3 is 5.97 Å². The standard InChI is InChI=1S/C14H19N3O4S/c1-17(4-2-3-5-17)6-9-7-22-13-10(15-8-18)12(19)16(13)11(9)14(20)21/h8,10,13H,2-7H2,1H3,(H-,15,18,20,21)/p+1/t10-,13-/m1/s1. The number of carboxylic acid groups (broad SMARTS) is 1. The molecule has 2 fully saturated rings. The summed E-state index contributed by atoms with van der Waals surface area (Å²) in [5.74, 6) is -0.784. The van der Waals surface area contributed by atoms with E-state index in [0.29, 0.717) is 18.7 Å². The van der Waals surface area contributed by atoms with E-state index in [9.17, 15) is 19.5 Å². The van der Waals surface area contributed by atoms with Gasteiger partial charge in [-0.3, -0.25) is 14.5 Å². The fraction of sp³-hybridized carbons (Fsp3) is 0.643. The van der Waals surface area contributed by atoms with Crippen LogP contribution in [0.5, 0.6) is 0 Å². The van der Waals surface area contributed by atoms with Gasteiger partial charge in [-0.15, -0.1) is 11.8 Å². The van der Waals surface area contributed by atoms with Crippen molar-refractivity contribution >= 4 is 30.0 Å². The third kappa shape index (κ3) is 2.40. The van der Waals surface area contributed by atoms with Gasteiger partial charge in [-0.25, -0.2) is 4.79 Å². The highest BCUT2D eigenvalue weighted by atomic mass is 32.2. The van der Waals surface area contributed by atoms with E-state index < -0.39 is 12.0 Å². The van der Waals surface area contributed by atoms with E-state index >= 15 is 0 Å². The second-order valence-electron chi connectivity index (χ2n) is 6.36. The molecule has 2 atom stereocenters. The third-order valence-electron chi connectivity index (χ3n) is 4.72. The molecule has 0 aromatic heterocycles. The number of carboxylic acids is 1. The van der Waals surface area contributed by atoms with Crippen LogP contribution in [0.2, 0.25) is 0 Å². The summed E-state index contributed by atoms with van der Waals surface area (Å²) < 4.78 is 0.843. The lowest BCUT2D eigenvalue weighted by Crippen LogP contribution is -2.69. The monoisotopic (exact) mass is 326 g/mol. The molecule has 8 heteroatoms. The number of aliphatic carboxylic acids is 1. The topological polar surface area (TPSA) is 86.7 Å². The number of fused-ring (bicyclic) bond motifs is 1. The number of carbonyl (C=O) groups is 3. The maximum Gasteiger partial charge on any atom is 0.352 e. The molecule has 2 saturated heterocycles. The van der Waals surface area contributed by atoms with Crippen molar-refractivity contribution < 1.29 is 24.0 Å². The molecule has 0 unspecified atom stereocenters. The molecule has 3 aliphatic heterocycles. The molecule has 22 heavy (non-hydrogen) atoms. The van der Waals surface area contributed by atoms with Crippen LogP contribution in [0.15, 0.2) is 11.3 Å². The zero-order valence-corrected chi connectivity index (χ0v) is 13.3. The van der Waals surface area contributed by atoms with Gasteiger partial charge in [-0.05, 0) is 0 Å². The average Bonchev–Trinajstić information content (AvgIpc) is 2.90. The highest BCUT2D eigenvalue weighted by Crippen LogP contribution is 2.41. The van der Waals surface area contributed by atoms with E-state index in [4.69, 9.17) is 0 Å². The van der Waals surface area contributed by atoms with Crippen LogP contribution in [-0.2, 0) is 14.4 Å². The van der Waals surface area contributed by atoms with Crippen molar-refractivity contribution in [2.24, 2.45) is 0 Å². The SMILES string of the molecule is C[N+]1(CC2=C(C(=O)O)N3C(=O)[C@@H](NC=O)[C@H]3SC2)CCCC1. The Hall–Kier alpha value is -1.54. The molecular weight excluding hydrogens is 306 g/mol. The first-order chi connectivity index (χ1) is 10.5. The first-order valence-electron chi connectivity index (χ1n) is 7.40. The van der Waals surface area contributed by atoms with Crippen LogP contribution in [0, 0.1) is 0 Å². The summed E-state index contributed by atoms with van der Waals surface area (Å²) in [5, 5.41) is 11.7. The maximum absolute atomic E-state index is 12.2. The van der Waals surface area contributed by atoms with Gasteiger partial charge in [0.25, 0.3) is 5.91 Å². The summed E-state index contributed by atoms with van der Waals surface area (Å²) in [7, 11) is 2.14. The van der Waals surface area contributed by atoms with Gasteiger partial charge in [-0.2, -0.15) is 0 Å². The van der Waals surface area contributed by atoms with Crippen molar-refractivity contribution in [2.45, 2.75) is 24.3 Å². The molecule has 0 aliphatic carbocycles. The molecule has 2 N–H and O–H groups in total. The Morgan fingerprint density at radius 1 is 1.50 bits per heavy atom. The Balaban J connectivity index is 1.86. The van der Waals surface area contributed by atoms with Gasteiger partial charge in [0.2, 0.25) is 6.41 Å². The van der Waals surface area contributed by atoms with Gasteiger partial charge in [0.15, 0.2) is 0 Å². The quantitative estimate of drug-likeness (QED) is 0.408. The highest BCUT2D eigenvalue weighted by molar-refractivity contribution is 8.00. The van der Waals surface area contributed by atoms with Crippen molar-refractivity contribution in [3.63, 3.8) is 0 Å². The van der Waals surface area contributed by atoms with Gasteiger partial charge in [0, 0.05) is 24.2 Å². The van der Waals surface area contributed by atoms with Crippen molar-refractivity contribution in [3.05, 3.63) is 11.3 Å². The number of rotatable bonds is 5. The molecule has 0 bridgehead atoms. The third-order valence-corrected chi connectivity index (χ3v) is 6.06. The van der Waals surface area contributed by atoms with Crippen LogP contribution in [-0.4, -0.2) is 76.6 Å². The van der Waals surface area contributed by atoms with E-state index in [1.54, 1.807) is 0 Å². The lowest BCUT2D eigenvalue weighted by atomic mass is 10.0. The Bertz CT molecular complexity index is 556. The predicted molar refractivity (Wildman–Crippen MR) is 80.8 cm³/mol. The molecule has 0 spiro atoms. The number of hydrogen-bond acceptors (Lipinski definition) is 4. The smallest absolute Gasteiger partial charge is 0.352 e. The van der Waals surface area contributed by atoms with Crippen LogP contribution in [0.1, 0.15) is 12.8 Å². The van der Waals surface area contributed by atoms with Crippen molar-refractivity contribution in [1.82, 2.24) is 10.2 Å². The number of amides is 2. The zero-order chi connectivity index (χ0) is 15.9. The molecule has 3 aliphatic rings. The molecule has 0 aromatic rings. The average molecular weight is 326 g/mol. The minimum Gasteiger partial charge on any atom is -0.477 e. The molecule has 3 heterocycles. The van der Waals surface area contributed by atoms with Crippen molar-refractivity contribution in [1.29, 1.82) is 0 Å². The van der Waals surface area contributed by atoms with Crippen molar-refractivity contribution in [3.8, 4) is 0 Å². The molecule has 120 valence electrons. The van der Waals surface area contributed by atoms with E-state index in [1.807, 2.05) is 0 Å². The number of thioether (sulfide) groups is 1. The number of likely N-dealkylation sites (tertiary alicyclic amines) is 1. The highest BCUT2D eigenvalue weighted by Gasteiger charge is 2.54. The largest absolute Gasteiger partial charge is 0.477 e. The second kappa shape index (κ2) is 5.58. The number of nitrogens with zero attached hydrogens (tertiary/aromatic N) is 2. The minimum atomic E-state index is -1.05. The number of hydrogen-bond donors (Lipinski definition) is 2. The summed E-state index contributed by atoms with van der Waals surface area (Å²) >= 11 is 1.53. The maximum atomic E-state index is 12.2. The van der Waals surface area contributed by atoms with Crippen LogP contribution >= 0.6 is 11.8 Å². The van der Waals surface area contributed by atoms with Gasteiger partial charge < -0.3 is 14.9 Å². The summed E-state index contributed by atoms with van der Waals surface area (Å²) in [6, 6.07) is -0.602. The summed E-state index contributed by atoms with van der Waals surface area (Å²) in [4.78, 5) is 35.7. The van der Waals surface area contributed by atoms with Gasteiger partial charge in [0.1, 0.15) is 23.7 Å². The molecule has 3 rings (SSSR count).